The van der Waals surface area contributed by atoms with Gasteiger partial charge in [-0.2, -0.15) is 0 Å². The number of nitrogens with zero attached hydrogens (tertiary/aromatic N) is 3. The predicted molar refractivity (Wildman–Crippen MR) is 91.7 cm³/mol. The molecule has 0 saturated heterocycles. The van der Waals surface area contributed by atoms with Crippen LogP contribution < -0.4 is 5.73 Å². The van der Waals surface area contributed by atoms with Gasteiger partial charge in [0.25, 0.3) is 0 Å². The van der Waals surface area contributed by atoms with E-state index in [4.69, 9.17) is 5.73 Å². The number of rotatable bonds is 2. The summed E-state index contributed by atoms with van der Waals surface area (Å²) in [6, 6.07) is 16.0. The summed E-state index contributed by atoms with van der Waals surface area (Å²) in [4.78, 5) is 16.7. The average Bonchev–Trinajstić information content (AvgIpc) is 2.94. The zero-order valence-electron chi connectivity index (χ0n) is 12.6. The fraction of sp³-hybridized carbons (Fsp3) is 0.0556. The first-order valence-electron chi connectivity index (χ1n) is 7.35. The Morgan fingerprint density at radius 2 is 1.74 bits per heavy atom. The number of aryl methyl sites for hydroxylation is 1. The summed E-state index contributed by atoms with van der Waals surface area (Å²) in [5, 5.41) is 0. The van der Waals surface area contributed by atoms with Crippen LogP contribution in [-0.2, 0) is 0 Å². The van der Waals surface area contributed by atoms with Crippen molar-refractivity contribution in [3.05, 3.63) is 60.6 Å². The van der Waals surface area contributed by atoms with E-state index in [9.17, 15) is 0 Å². The molecule has 0 saturated carbocycles. The molecule has 23 heavy (non-hydrogen) atoms. The molecule has 2 heterocycles. The third-order valence-electron chi connectivity index (χ3n) is 3.71. The summed E-state index contributed by atoms with van der Waals surface area (Å²) in [6.45, 7) is 1.94. The topological polar surface area (TPSA) is 80.5 Å². The Kier molecular flexibility index (Phi) is 3.05. The highest BCUT2D eigenvalue weighted by molar-refractivity contribution is 5.85. The average molecular weight is 301 g/mol. The minimum Gasteiger partial charge on any atom is -0.382 e. The maximum Gasteiger partial charge on any atom is 0.142 e. The lowest BCUT2D eigenvalue weighted by Gasteiger charge is -2.09. The van der Waals surface area contributed by atoms with Gasteiger partial charge < -0.3 is 10.7 Å². The second kappa shape index (κ2) is 5.21. The molecule has 112 valence electrons. The van der Waals surface area contributed by atoms with E-state index in [0.717, 1.165) is 39.4 Å². The van der Waals surface area contributed by atoms with Crippen LogP contribution in [0.3, 0.4) is 0 Å². The third-order valence-corrected chi connectivity index (χ3v) is 3.71. The number of nitrogens with one attached hydrogen (secondary N) is 1. The molecule has 0 aliphatic heterocycles. The van der Waals surface area contributed by atoms with E-state index in [-0.39, 0.29) is 0 Å². The number of imidazole rings is 1. The lowest BCUT2D eigenvalue weighted by Crippen LogP contribution is -1.98. The van der Waals surface area contributed by atoms with Crippen LogP contribution in [0.5, 0.6) is 0 Å². The summed E-state index contributed by atoms with van der Waals surface area (Å²) in [6.07, 6.45) is 1.59. The van der Waals surface area contributed by atoms with Crippen molar-refractivity contribution in [1.29, 1.82) is 0 Å². The lowest BCUT2D eigenvalue weighted by atomic mass is 10.0. The number of anilines is 1. The molecule has 0 aliphatic carbocycles. The number of nitrogens with two attached hydrogens (primary N) is 1. The first kappa shape index (κ1) is 13.5. The van der Waals surface area contributed by atoms with Gasteiger partial charge in [0.1, 0.15) is 11.6 Å². The number of hydrogen-bond donors (Lipinski definition) is 2. The first-order valence-corrected chi connectivity index (χ1v) is 7.35. The SMILES string of the molecule is Cc1nc2cc(-c3ncc(N)nc3-c3ccccc3)ccc2[nH]1. The van der Waals surface area contributed by atoms with Crippen molar-refractivity contribution in [3.8, 4) is 22.5 Å². The Morgan fingerprint density at radius 1 is 0.913 bits per heavy atom. The third kappa shape index (κ3) is 2.42. The zero-order chi connectivity index (χ0) is 15.8. The van der Waals surface area contributed by atoms with Gasteiger partial charge in [0, 0.05) is 11.1 Å². The van der Waals surface area contributed by atoms with Crippen LogP contribution in [0.15, 0.2) is 54.7 Å². The lowest BCUT2D eigenvalue weighted by molar-refractivity contribution is 1.17. The van der Waals surface area contributed by atoms with E-state index in [0.29, 0.717) is 5.82 Å². The Hall–Kier alpha value is -3.21. The molecule has 2 aromatic heterocycles. The molecule has 0 aliphatic rings. The van der Waals surface area contributed by atoms with Gasteiger partial charge in [-0.3, -0.25) is 4.98 Å². The predicted octanol–water partition coefficient (Wildman–Crippen LogP) is 3.58. The smallest absolute Gasteiger partial charge is 0.142 e. The maximum atomic E-state index is 5.85. The Balaban J connectivity index is 1.93. The molecule has 0 radical (unpaired) electrons. The van der Waals surface area contributed by atoms with Crippen molar-refractivity contribution in [1.82, 2.24) is 19.9 Å². The number of aromatic nitrogens is 4. The van der Waals surface area contributed by atoms with E-state index in [1.807, 2.05) is 55.5 Å². The van der Waals surface area contributed by atoms with E-state index >= 15 is 0 Å². The number of H-pyrrole nitrogens is 1. The molecule has 5 nitrogen and oxygen atoms in total. The highest BCUT2D eigenvalue weighted by atomic mass is 14.9. The molecule has 0 amide bonds. The summed E-state index contributed by atoms with van der Waals surface area (Å²) in [7, 11) is 0. The monoisotopic (exact) mass is 301 g/mol. The summed E-state index contributed by atoms with van der Waals surface area (Å²) >= 11 is 0. The van der Waals surface area contributed by atoms with Gasteiger partial charge in [-0.05, 0) is 19.1 Å². The van der Waals surface area contributed by atoms with Crippen LogP contribution in [0.25, 0.3) is 33.5 Å². The van der Waals surface area contributed by atoms with Crippen LogP contribution in [0.1, 0.15) is 5.82 Å². The normalized spacial score (nSPS) is 11.0. The van der Waals surface area contributed by atoms with Crippen LogP contribution in [-0.4, -0.2) is 19.9 Å². The molecule has 4 rings (SSSR count). The summed E-state index contributed by atoms with van der Waals surface area (Å²) in [5.41, 5.74) is 11.3. The molecule has 0 spiro atoms. The largest absolute Gasteiger partial charge is 0.382 e. The number of nitrogen functional groups attached to an aromatic ring is 1. The van der Waals surface area contributed by atoms with E-state index in [1.165, 1.54) is 0 Å². The Bertz CT molecular complexity index is 989. The molecular weight excluding hydrogens is 286 g/mol. The Morgan fingerprint density at radius 3 is 2.57 bits per heavy atom. The molecule has 3 N–H and O–H groups in total. The molecule has 0 fully saturated rings. The first-order chi connectivity index (χ1) is 11.2. The van der Waals surface area contributed by atoms with Crippen LogP contribution in [0, 0.1) is 6.92 Å². The number of benzene rings is 2. The number of hydrogen-bond acceptors (Lipinski definition) is 4. The van der Waals surface area contributed by atoms with Crippen molar-refractivity contribution in [2.45, 2.75) is 6.92 Å². The second-order valence-corrected chi connectivity index (χ2v) is 5.41. The number of fused-ring (bicyclic) bond motifs is 1. The molecule has 0 atom stereocenters. The van der Waals surface area contributed by atoms with Gasteiger partial charge in [-0.25, -0.2) is 9.97 Å². The highest BCUT2D eigenvalue weighted by Crippen LogP contribution is 2.30. The molecular formula is C18H15N5. The quantitative estimate of drug-likeness (QED) is 0.593. The van der Waals surface area contributed by atoms with Crippen LogP contribution in [0.4, 0.5) is 5.82 Å². The van der Waals surface area contributed by atoms with E-state index in [1.54, 1.807) is 6.20 Å². The van der Waals surface area contributed by atoms with Gasteiger partial charge in [0.15, 0.2) is 0 Å². The van der Waals surface area contributed by atoms with Crippen molar-refractivity contribution in [2.24, 2.45) is 0 Å². The number of aromatic amines is 1. The summed E-state index contributed by atoms with van der Waals surface area (Å²) < 4.78 is 0. The summed E-state index contributed by atoms with van der Waals surface area (Å²) in [5.74, 6) is 1.30. The molecule has 0 bridgehead atoms. The maximum absolute atomic E-state index is 5.85. The Labute approximate surface area is 133 Å². The van der Waals surface area contributed by atoms with Crippen molar-refractivity contribution >= 4 is 16.9 Å². The molecule has 0 unspecified atom stereocenters. The highest BCUT2D eigenvalue weighted by Gasteiger charge is 2.12. The molecule has 2 aromatic carbocycles. The fourth-order valence-electron chi connectivity index (χ4n) is 2.69. The molecule has 4 aromatic rings. The fourth-order valence-corrected chi connectivity index (χ4v) is 2.69. The van der Waals surface area contributed by atoms with Crippen molar-refractivity contribution in [2.75, 3.05) is 5.73 Å². The zero-order valence-corrected chi connectivity index (χ0v) is 12.6. The molecule has 5 heteroatoms. The van der Waals surface area contributed by atoms with Crippen molar-refractivity contribution in [3.63, 3.8) is 0 Å². The van der Waals surface area contributed by atoms with Gasteiger partial charge in [0.2, 0.25) is 0 Å². The standard InChI is InChI=1S/C18H15N5/c1-11-21-14-8-7-13(9-15(14)22-11)17-18(23-16(19)10-20-17)12-5-3-2-4-6-12/h2-10H,1H3,(H2,19,23)(H,21,22). The van der Waals surface area contributed by atoms with Crippen molar-refractivity contribution < 1.29 is 0 Å². The van der Waals surface area contributed by atoms with Gasteiger partial charge in [0.05, 0.1) is 28.6 Å². The van der Waals surface area contributed by atoms with Gasteiger partial charge in [-0.1, -0.05) is 36.4 Å². The van der Waals surface area contributed by atoms with Gasteiger partial charge in [-0.15, -0.1) is 0 Å². The second-order valence-electron chi connectivity index (χ2n) is 5.41. The minimum atomic E-state index is 0.407. The van der Waals surface area contributed by atoms with Crippen LogP contribution >= 0.6 is 0 Å². The van der Waals surface area contributed by atoms with E-state index < -0.39 is 0 Å². The minimum absolute atomic E-state index is 0.407. The van der Waals surface area contributed by atoms with Crippen LogP contribution in [0.2, 0.25) is 0 Å². The van der Waals surface area contributed by atoms with Gasteiger partial charge >= 0.3 is 0 Å². The van der Waals surface area contributed by atoms with E-state index in [2.05, 4.69) is 19.9 Å².